The Labute approximate surface area is 164 Å². The highest BCUT2D eigenvalue weighted by atomic mass is 16.2. The van der Waals surface area contributed by atoms with Gasteiger partial charge in [-0.1, -0.05) is 39.0 Å². The Morgan fingerprint density at radius 1 is 0.929 bits per heavy atom. The predicted octanol–water partition coefficient (Wildman–Crippen LogP) is 3.19. The minimum Gasteiger partial charge on any atom is -0.312 e. The summed E-state index contributed by atoms with van der Waals surface area (Å²) in [6, 6.07) is 14.1. The summed E-state index contributed by atoms with van der Waals surface area (Å²) in [5, 5.41) is 0. The molecule has 6 nitrogen and oxygen atoms in total. The van der Waals surface area contributed by atoms with E-state index in [2.05, 4.69) is 31.6 Å². The van der Waals surface area contributed by atoms with Gasteiger partial charge in [-0.2, -0.15) is 0 Å². The van der Waals surface area contributed by atoms with Gasteiger partial charge < -0.3 is 4.90 Å². The number of nitrogens with one attached hydrogen (secondary N) is 2. The lowest BCUT2D eigenvalue weighted by molar-refractivity contribution is -0.117. The number of nitrogens with zero attached hydrogens (tertiary/aromatic N) is 1. The maximum Gasteiger partial charge on any atom is 0.269 e. The summed E-state index contributed by atoms with van der Waals surface area (Å²) in [5.74, 6) is -0.766. The van der Waals surface area contributed by atoms with Crippen LogP contribution >= 0.6 is 0 Å². The Bertz CT molecular complexity index is 898. The number of hydrazine groups is 1. The van der Waals surface area contributed by atoms with Gasteiger partial charge in [-0.3, -0.25) is 25.2 Å². The molecule has 1 fully saturated rings. The van der Waals surface area contributed by atoms with E-state index in [9.17, 15) is 14.4 Å². The van der Waals surface area contributed by atoms with Gasteiger partial charge in [0.2, 0.25) is 5.91 Å². The number of benzene rings is 2. The zero-order valence-corrected chi connectivity index (χ0v) is 16.4. The third kappa shape index (κ3) is 4.39. The highest BCUT2D eigenvalue weighted by Gasteiger charge is 2.22. The van der Waals surface area contributed by atoms with Gasteiger partial charge in [0.05, 0.1) is 0 Å². The van der Waals surface area contributed by atoms with E-state index in [1.807, 2.05) is 12.1 Å². The molecule has 0 aliphatic carbocycles. The van der Waals surface area contributed by atoms with Crippen LogP contribution in [0.25, 0.3) is 0 Å². The summed E-state index contributed by atoms with van der Waals surface area (Å²) in [5.41, 5.74) is 7.53. The monoisotopic (exact) mass is 379 g/mol. The van der Waals surface area contributed by atoms with Crippen LogP contribution in [0.1, 0.15) is 59.9 Å². The maximum absolute atomic E-state index is 12.4. The number of hydrogen-bond acceptors (Lipinski definition) is 3. The average molecular weight is 379 g/mol. The predicted molar refractivity (Wildman–Crippen MR) is 108 cm³/mol. The SMILES string of the molecule is CC(C)(C)c1ccc(C(=O)NNC(=O)c2cccc(N3CCCC3=O)c2)cc1. The molecule has 146 valence electrons. The fourth-order valence-corrected chi connectivity index (χ4v) is 3.12. The molecular formula is C22H25N3O3. The zero-order valence-electron chi connectivity index (χ0n) is 16.4. The Hall–Kier alpha value is -3.15. The van der Waals surface area contributed by atoms with Gasteiger partial charge in [-0.15, -0.1) is 0 Å². The standard InChI is InChI=1S/C22H25N3O3/c1-22(2,3)17-11-9-15(10-12-17)20(27)23-24-21(28)16-6-4-7-18(14-16)25-13-5-8-19(25)26/h4,6-7,9-12,14H,5,8,13H2,1-3H3,(H,23,27)(H,24,28). The summed E-state index contributed by atoms with van der Waals surface area (Å²) in [7, 11) is 0. The lowest BCUT2D eigenvalue weighted by atomic mass is 9.87. The first-order chi connectivity index (χ1) is 13.3. The molecule has 1 aliphatic heterocycles. The highest BCUT2D eigenvalue weighted by molar-refractivity contribution is 6.01. The normalized spacial score (nSPS) is 14.1. The van der Waals surface area contributed by atoms with E-state index in [0.29, 0.717) is 29.8 Å². The lowest BCUT2D eigenvalue weighted by Gasteiger charge is -2.19. The van der Waals surface area contributed by atoms with E-state index in [0.717, 1.165) is 12.0 Å². The van der Waals surface area contributed by atoms with Gasteiger partial charge in [0.1, 0.15) is 0 Å². The van der Waals surface area contributed by atoms with Crippen molar-refractivity contribution in [2.24, 2.45) is 0 Å². The minimum atomic E-state index is -0.437. The molecule has 0 saturated carbocycles. The van der Waals surface area contributed by atoms with Crippen molar-refractivity contribution < 1.29 is 14.4 Å². The van der Waals surface area contributed by atoms with Crippen molar-refractivity contribution in [2.45, 2.75) is 39.0 Å². The van der Waals surface area contributed by atoms with Crippen LogP contribution in [0, 0.1) is 0 Å². The Kier molecular flexibility index (Phi) is 5.49. The molecule has 1 heterocycles. The maximum atomic E-state index is 12.4. The Morgan fingerprint density at radius 2 is 1.57 bits per heavy atom. The van der Waals surface area contributed by atoms with Crippen LogP contribution in [0.4, 0.5) is 5.69 Å². The molecular weight excluding hydrogens is 354 g/mol. The largest absolute Gasteiger partial charge is 0.312 e. The van der Waals surface area contributed by atoms with E-state index in [-0.39, 0.29) is 17.2 Å². The van der Waals surface area contributed by atoms with Gasteiger partial charge in [0.15, 0.2) is 0 Å². The number of anilines is 1. The van der Waals surface area contributed by atoms with E-state index < -0.39 is 5.91 Å². The van der Waals surface area contributed by atoms with Crippen molar-refractivity contribution in [3.05, 3.63) is 65.2 Å². The third-order valence-electron chi connectivity index (χ3n) is 4.80. The smallest absolute Gasteiger partial charge is 0.269 e. The molecule has 1 saturated heterocycles. The van der Waals surface area contributed by atoms with Gasteiger partial charge in [-0.25, -0.2) is 0 Å². The molecule has 0 radical (unpaired) electrons. The van der Waals surface area contributed by atoms with Crippen molar-refractivity contribution >= 4 is 23.4 Å². The second kappa shape index (κ2) is 7.84. The van der Waals surface area contributed by atoms with Gasteiger partial charge in [0, 0.05) is 29.8 Å². The van der Waals surface area contributed by atoms with Crippen LogP contribution < -0.4 is 15.8 Å². The third-order valence-corrected chi connectivity index (χ3v) is 4.80. The molecule has 0 spiro atoms. The van der Waals surface area contributed by atoms with Crippen LogP contribution in [0.5, 0.6) is 0 Å². The molecule has 0 atom stereocenters. The van der Waals surface area contributed by atoms with E-state index >= 15 is 0 Å². The van der Waals surface area contributed by atoms with E-state index in [1.165, 1.54) is 0 Å². The number of rotatable bonds is 3. The average Bonchev–Trinajstić information content (AvgIpc) is 3.11. The molecule has 0 aromatic heterocycles. The minimum absolute atomic E-state index is 0.00492. The number of amides is 3. The van der Waals surface area contributed by atoms with Crippen molar-refractivity contribution in [3.63, 3.8) is 0 Å². The fourth-order valence-electron chi connectivity index (χ4n) is 3.12. The molecule has 2 N–H and O–H groups in total. The Balaban J connectivity index is 1.62. The van der Waals surface area contributed by atoms with E-state index in [1.54, 1.807) is 41.3 Å². The van der Waals surface area contributed by atoms with Crippen LogP contribution in [0.3, 0.4) is 0 Å². The van der Waals surface area contributed by atoms with Gasteiger partial charge in [-0.05, 0) is 47.7 Å². The Morgan fingerprint density at radius 3 is 2.14 bits per heavy atom. The fraction of sp³-hybridized carbons (Fsp3) is 0.318. The molecule has 2 aromatic rings. The molecule has 1 aliphatic rings. The van der Waals surface area contributed by atoms with E-state index in [4.69, 9.17) is 0 Å². The first-order valence-electron chi connectivity index (χ1n) is 9.37. The van der Waals surface area contributed by atoms with Crippen LogP contribution in [-0.4, -0.2) is 24.3 Å². The van der Waals surface area contributed by atoms with Crippen LogP contribution in [0.2, 0.25) is 0 Å². The topological polar surface area (TPSA) is 78.5 Å². The number of carbonyl (C=O) groups is 3. The number of hydrogen-bond donors (Lipinski definition) is 2. The summed E-state index contributed by atoms with van der Waals surface area (Å²) in [4.78, 5) is 38.2. The molecule has 3 rings (SSSR count). The van der Waals surface area contributed by atoms with Gasteiger partial charge in [0.25, 0.3) is 11.8 Å². The van der Waals surface area contributed by atoms with Crippen molar-refractivity contribution in [3.8, 4) is 0 Å². The van der Waals surface area contributed by atoms with Crippen molar-refractivity contribution in [2.75, 3.05) is 11.4 Å². The molecule has 0 bridgehead atoms. The highest BCUT2D eigenvalue weighted by Crippen LogP contribution is 2.23. The first kappa shape index (κ1) is 19.6. The van der Waals surface area contributed by atoms with Gasteiger partial charge >= 0.3 is 0 Å². The first-order valence-corrected chi connectivity index (χ1v) is 9.37. The molecule has 0 unspecified atom stereocenters. The molecule has 3 amide bonds. The molecule has 28 heavy (non-hydrogen) atoms. The van der Waals surface area contributed by atoms with Crippen LogP contribution in [-0.2, 0) is 10.2 Å². The molecule has 6 heteroatoms. The summed E-state index contributed by atoms with van der Waals surface area (Å²) in [6.45, 7) is 6.97. The summed E-state index contributed by atoms with van der Waals surface area (Å²) in [6.07, 6.45) is 1.35. The van der Waals surface area contributed by atoms with Crippen molar-refractivity contribution in [1.29, 1.82) is 0 Å². The zero-order chi connectivity index (χ0) is 20.3. The van der Waals surface area contributed by atoms with Crippen molar-refractivity contribution in [1.82, 2.24) is 10.9 Å². The second-order valence-electron chi connectivity index (χ2n) is 7.93. The second-order valence-corrected chi connectivity index (χ2v) is 7.93. The summed E-state index contributed by atoms with van der Waals surface area (Å²) >= 11 is 0. The summed E-state index contributed by atoms with van der Waals surface area (Å²) < 4.78 is 0. The lowest BCUT2D eigenvalue weighted by Crippen LogP contribution is -2.41. The number of carbonyl (C=O) groups excluding carboxylic acids is 3. The quantitative estimate of drug-likeness (QED) is 0.804. The molecule has 2 aromatic carbocycles. The van der Waals surface area contributed by atoms with Crippen LogP contribution in [0.15, 0.2) is 48.5 Å².